The molecular formula is C14H23N3O. The molecule has 0 aliphatic heterocycles. The SMILES string of the molecule is CN(CC(C)(C)CN)C(=O)CNc1ccccc1. The van der Waals surface area contributed by atoms with Crippen LogP contribution in [0, 0.1) is 5.41 Å². The number of anilines is 1. The number of nitrogens with two attached hydrogens (primary N) is 1. The Morgan fingerprint density at radius 2 is 1.94 bits per heavy atom. The van der Waals surface area contributed by atoms with Gasteiger partial charge in [-0.05, 0) is 24.1 Å². The van der Waals surface area contributed by atoms with Crippen LogP contribution in [0.3, 0.4) is 0 Å². The van der Waals surface area contributed by atoms with Gasteiger partial charge in [-0.25, -0.2) is 0 Å². The predicted octanol–water partition coefficient (Wildman–Crippen LogP) is 1.54. The number of carbonyl (C=O) groups is 1. The number of likely N-dealkylation sites (N-methyl/N-ethyl adjacent to an activating group) is 1. The van der Waals surface area contributed by atoms with Gasteiger partial charge in [-0.1, -0.05) is 32.0 Å². The summed E-state index contributed by atoms with van der Waals surface area (Å²) < 4.78 is 0. The van der Waals surface area contributed by atoms with Crippen molar-refractivity contribution in [3.63, 3.8) is 0 Å². The lowest BCUT2D eigenvalue weighted by Crippen LogP contribution is -2.41. The highest BCUT2D eigenvalue weighted by atomic mass is 16.2. The minimum Gasteiger partial charge on any atom is -0.376 e. The van der Waals surface area contributed by atoms with Gasteiger partial charge in [0, 0.05) is 19.3 Å². The Morgan fingerprint density at radius 3 is 2.50 bits per heavy atom. The van der Waals surface area contributed by atoms with Crippen LogP contribution in [0.1, 0.15) is 13.8 Å². The number of para-hydroxylation sites is 1. The third kappa shape index (κ3) is 4.75. The van der Waals surface area contributed by atoms with Gasteiger partial charge in [0.15, 0.2) is 0 Å². The lowest BCUT2D eigenvalue weighted by molar-refractivity contribution is -0.129. The second kappa shape index (κ2) is 6.40. The topological polar surface area (TPSA) is 58.4 Å². The number of amides is 1. The number of hydrogen-bond acceptors (Lipinski definition) is 3. The highest BCUT2D eigenvalue weighted by Crippen LogP contribution is 2.14. The van der Waals surface area contributed by atoms with Crippen molar-refractivity contribution in [1.29, 1.82) is 0 Å². The first-order chi connectivity index (χ1) is 8.44. The van der Waals surface area contributed by atoms with E-state index in [-0.39, 0.29) is 11.3 Å². The maximum atomic E-state index is 11.9. The maximum absolute atomic E-state index is 11.9. The van der Waals surface area contributed by atoms with E-state index in [4.69, 9.17) is 5.73 Å². The van der Waals surface area contributed by atoms with Crippen molar-refractivity contribution in [1.82, 2.24) is 4.90 Å². The van der Waals surface area contributed by atoms with Crippen molar-refractivity contribution < 1.29 is 4.79 Å². The molecule has 3 N–H and O–H groups in total. The van der Waals surface area contributed by atoms with Crippen molar-refractivity contribution in [2.24, 2.45) is 11.1 Å². The van der Waals surface area contributed by atoms with Gasteiger partial charge in [0.1, 0.15) is 0 Å². The predicted molar refractivity (Wildman–Crippen MR) is 75.4 cm³/mol. The van der Waals surface area contributed by atoms with Crippen molar-refractivity contribution >= 4 is 11.6 Å². The standard InChI is InChI=1S/C14H23N3O/c1-14(2,10-15)11-17(3)13(18)9-16-12-7-5-4-6-8-12/h4-8,16H,9-11,15H2,1-3H3. The molecule has 1 amide bonds. The molecule has 0 heterocycles. The molecule has 0 aromatic heterocycles. The van der Waals surface area contributed by atoms with Crippen molar-refractivity contribution in [2.75, 3.05) is 32.0 Å². The van der Waals surface area contributed by atoms with E-state index in [1.807, 2.05) is 37.4 Å². The van der Waals surface area contributed by atoms with E-state index >= 15 is 0 Å². The van der Waals surface area contributed by atoms with Gasteiger partial charge in [-0.3, -0.25) is 4.79 Å². The molecule has 0 spiro atoms. The van der Waals surface area contributed by atoms with Crippen LogP contribution in [-0.4, -0.2) is 37.5 Å². The number of nitrogens with zero attached hydrogens (tertiary/aromatic N) is 1. The number of benzene rings is 1. The number of carbonyl (C=O) groups excluding carboxylic acids is 1. The van der Waals surface area contributed by atoms with Crippen LogP contribution < -0.4 is 11.1 Å². The summed E-state index contributed by atoms with van der Waals surface area (Å²) in [5, 5.41) is 3.11. The number of hydrogen-bond donors (Lipinski definition) is 2. The van der Waals surface area contributed by atoms with E-state index in [2.05, 4.69) is 19.2 Å². The molecule has 0 aliphatic carbocycles. The summed E-state index contributed by atoms with van der Waals surface area (Å²) in [5.41, 5.74) is 6.58. The highest BCUT2D eigenvalue weighted by molar-refractivity contribution is 5.80. The Hall–Kier alpha value is -1.55. The van der Waals surface area contributed by atoms with E-state index in [0.717, 1.165) is 5.69 Å². The van der Waals surface area contributed by atoms with Crippen LogP contribution in [0.2, 0.25) is 0 Å². The molecule has 0 saturated heterocycles. The zero-order valence-electron chi connectivity index (χ0n) is 11.4. The van der Waals surface area contributed by atoms with Crippen LogP contribution in [0.15, 0.2) is 30.3 Å². The monoisotopic (exact) mass is 249 g/mol. The Morgan fingerprint density at radius 1 is 1.33 bits per heavy atom. The fraction of sp³-hybridized carbons (Fsp3) is 0.500. The fourth-order valence-corrected chi connectivity index (χ4v) is 1.66. The molecule has 0 fully saturated rings. The van der Waals surface area contributed by atoms with Gasteiger partial charge in [-0.15, -0.1) is 0 Å². The lowest BCUT2D eigenvalue weighted by Gasteiger charge is -2.29. The summed E-state index contributed by atoms with van der Waals surface area (Å²) in [7, 11) is 1.81. The summed E-state index contributed by atoms with van der Waals surface area (Å²) in [6.07, 6.45) is 0. The van der Waals surface area contributed by atoms with Crippen LogP contribution >= 0.6 is 0 Å². The van der Waals surface area contributed by atoms with Crippen molar-refractivity contribution in [2.45, 2.75) is 13.8 Å². The summed E-state index contributed by atoms with van der Waals surface area (Å²) in [5.74, 6) is 0.0698. The lowest BCUT2D eigenvalue weighted by atomic mass is 9.93. The van der Waals surface area contributed by atoms with Gasteiger partial charge in [0.05, 0.1) is 6.54 Å². The summed E-state index contributed by atoms with van der Waals surface area (Å²) in [4.78, 5) is 13.7. The minimum absolute atomic E-state index is 0.0445. The van der Waals surface area contributed by atoms with E-state index in [9.17, 15) is 4.79 Å². The normalized spacial score (nSPS) is 11.1. The zero-order chi connectivity index (χ0) is 13.6. The maximum Gasteiger partial charge on any atom is 0.241 e. The van der Waals surface area contributed by atoms with Crippen LogP contribution in [0.25, 0.3) is 0 Å². The first-order valence-electron chi connectivity index (χ1n) is 6.17. The van der Waals surface area contributed by atoms with E-state index in [0.29, 0.717) is 19.6 Å². The zero-order valence-corrected chi connectivity index (χ0v) is 11.4. The molecule has 4 nitrogen and oxygen atoms in total. The molecule has 0 aliphatic rings. The first-order valence-corrected chi connectivity index (χ1v) is 6.17. The van der Waals surface area contributed by atoms with E-state index in [1.165, 1.54) is 0 Å². The molecular weight excluding hydrogens is 226 g/mol. The van der Waals surface area contributed by atoms with Crippen LogP contribution in [0.4, 0.5) is 5.69 Å². The molecule has 1 rings (SSSR count). The molecule has 0 saturated carbocycles. The van der Waals surface area contributed by atoms with Crippen LogP contribution in [-0.2, 0) is 4.79 Å². The average Bonchev–Trinajstić information content (AvgIpc) is 2.36. The van der Waals surface area contributed by atoms with Gasteiger partial charge in [-0.2, -0.15) is 0 Å². The summed E-state index contributed by atoms with van der Waals surface area (Å²) in [6, 6.07) is 9.71. The number of rotatable bonds is 6. The Kier molecular flexibility index (Phi) is 5.16. The largest absolute Gasteiger partial charge is 0.376 e. The second-order valence-corrected chi connectivity index (χ2v) is 5.34. The minimum atomic E-state index is -0.0445. The third-order valence-corrected chi connectivity index (χ3v) is 2.86. The second-order valence-electron chi connectivity index (χ2n) is 5.34. The Labute approximate surface area is 109 Å². The van der Waals surface area contributed by atoms with Crippen molar-refractivity contribution in [3.05, 3.63) is 30.3 Å². The smallest absolute Gasteiger partial charge is 0.241 e. The molecule has 0 atom stereocenters. The molecule has 100 valence electrons. The van der Waals surface area contributed by atoms with Gasteiger partial charge < -0.3 is 16.0 Å². The van der Waals surface area contributed by atoms with E-state index < -0.39 is 0 Å². The molecule has 0 bridgehead atoms. The highest BCUT2D eigenvalue weighted by Gasteiger charge is 2.20. The fourth-order valence-electron chi connectivity index (χ4n) is 1.66. The van der Waals surface area contributed by atoms with Gasteiger partial charge in [0.2, 0.25) is 5.91 Å². The number of nitrogens with one attached hydrogen (secondary N) is 1. The third-order valence-electron chi connectivity index (χ3n) is 2.86. The first kappa shape index (κ1) is 14.5. The Bertz CT molecular complexity index is 376. The van der Waals surface area contributed by atoms with Crippen molar-refractivity contribution in [3.8, 4) is 0 Å². The quantitative estimate of drug-likeness (QED) is 0.804. The van der Waals surface area contributed by atoms with Crippen LogP contribution in [0.5, 0.6) is 0 Å². The molecule has 4 heteroatoms. The molecule has 0 unspecified atom stereocenters. The summed E-state index contributed by atoms with van der Waals surface area (Å²) >= 11 is 0. The Balaban J connectivity index is 2.41. The van der Waals surface area contributed by atoms with Gasteiger partial charge in [0.25, 0.3) is 0 Å². The van der Waals surface area contributed by atoms with Gasteiger partial charge >= 0.3 is 0 Å². The molecule has 0 radical (unpaired) electrons. The average molecular weight is 249 g/mol. The molecule has 18 heavy (non-hydrogen) atoms. The summed E-state index contributed by atoms with van der Waals surface area (Å²) in [6.45, 7) is 5.65. The molecule has 1 aromatic rings. The molecule has 1 aromatic carbocycles. The van der Waals surface area contributed by atoms with E-state index in [1.54, 1.807) is 4.90 Å².